The summed E-state index contributed by atoms with van der Waals surface area (Å²) in [5.41, 5.74) is 3.07. The fourth-order valence-electron chi connectivity index (χ4n) is 4.03. The Kier molecular flexibility index (Phi) is 4.69. The van der Waals surface area contributed by atoms with E-state index in [1.807, 2.05) is 27.8 Å². The van der Waals surface area contributed by atoms with Crippen molar-refractivity contribution in [3.8, 4) is 11.3 Å². The third-order valence-electron chi connectivity index (χ3n) is 5.93. The van der Waals surface area contributed by atoms with Crippen molar-refractivity contribution < 1.29 is 9.18 Å². The van der Waals surface area contributed by atoms with Gasteiger partial charge in [0.15, 0.2) is 5.65 Å². The van der Waals surface area contributed by atoms with Crippen molar-refractivity contribution in [3.63, 3.8) is 0 Å². The minimum absolute atomic E-state index is 0.183. The topological polar surface area (TPSA) is 67.8 Å². The molecule has 0 N–H and O–H groups in total. The van der Waals surface area contributed by atoms with Crippen molar-refractivity contribution in [2.45, 2.75) is 32.6 Å². The molecule has 30 heavy (non-hydrogen) atoms. The quantitative estimate of drug-likeness (QED) is 0.521. The number of hydrogen-bond donors (Lipinski definition) is 0. The number of halogens is 1. The van der Waals surface area contributed by atoms with Gasteiger partial charge in [-0.1, -0.05) is 6.92 Å². The van der Waals surface area contributed by atoms with Crippen molar-refractivity contribution >= 4 is 17.1 Å². The van der Waals surface area contributed by atoms with E-state index < -0.39 is 0 Å². The van der Waals surface area contributed by atoms with Gasteiger partial charge in [-0.25, -0.2) is 8.91 Å². The summed E-state index contributed by atoms with van der Waals surface area (Å²) in [6, 6.07) is 8.17. The highest BCUT2D eigenvalue weighted by atomic mass is 19.1. The molecule has 3 aromatic heterocycles. The van der Waals surface area contributed by atoms with E-state index in [1.165, 1.54) is 12.1 Å². The highest BCUT2D eigenvalue weighted by Crippen LogP contribution is 2.23. The van der Waals surface area contributed by atoms with E-state index in [0.29, 0.717) is 24.4 Å². The van der Waals surface area contributed by atoms with Crippen LogP contribution in [0.15, 0.2) is 42.7 Å². The molecule has 1 aromatic carbocycles. The molecule has 1 aliphatic rings. The molecule has 0 unspecified atom stereocenters. The molecule has 154 valence electrons. The molecule has 1 saturated heterocycles. The Morgan fingerprint density at radius 1 is 1.13 bits per heavy atom. The zero-order valence-electron chi connectivity index (χ0n) is 16.8. The van der Waals surface area contributed by atoms with E-state index in [2.05, 4.69) is 22.2 Å². The number of likely N-dealkylation sites (tertiary alicyclic amines) is 1. The first-order chi connectivity index (χ1) is 14.6. The predicted octanol–water partition coefficient (Wildman–Crippen LogP) is 3.37. The summed E-state index contributed by atoms with van der Waals surface area (Å²) in [7, 11) is 0. The van der Waals surface area contributed by atoms with Gasteiger partial charge in [0.2, 0.25) is 5.91 Å². The normalized spacial score (nSPS) is 15.3. The molecule has 1 aliphatic heterocycles. The van der Waals surface area contributed by atoms with Gasteiger partial charge in [0, 0.05) is 43.9 Å². The summed E-state index contributed by atoms with van der Waals surface area (Å²) in [4.78, 5) is 14.5. The first kappa shape index (κ1) is 18.7. The fourth-order valence-corrected chi connectivity index (χ4v) is 4.03. The Labute approximate surface area is 173 Å². The number of piperidine rings is 1. The highest BCUT2D eigenvalue weighted by molar-refractivity contribution is 5.77. The lowest BCUT2D eigenvalue weighted by atomic mass is 9.99. The standard InChI is InChI=1S/C22H23FN6O/c1-15-8-10-27(11-9-15)21(30)7-6-20-24-25-22-19-14-18(16-2-4-17(23)5-3-16)26-29(19)13-12-28(20)22/h2-5,12-15H,6-11H2,1H3. The number of fused-ring (bicyclic) bond motifs is 3. The van der Waals surface area contributed by atoms with Gasteiger partial charge in [-0.15, -0.1) is 10.2 Å². The molecule has 0 bridgehead atoms. The van der Waals surface area contributed by atoms with Crippen molar-refractivity contribution in [1.29, 1.82) is 0 Å². The van der Waals surface area contributed by atoms with Crippen LogP contribution in [-0.4, -0.2) is 48.1 Å². The second-order valence-electron chi connectivity index (χ2n) is 8.04. The van der Waals surface area contributed by atoms with E-state index in [1.54, 1.807) is 16.6 Å². The lowest BCUT2D eigenvalue weighted by Crippen LogP contribution is -2.38. The molecule has 0 spiro atoms. The number of nitrogens with zero attached hydrogens (tertiary/aromatic N) is 6. The van der Waals surface area contributed by atoms with E-state index in [9.17, 15) is 9.18 Å². The summed E-state index contributed by atoms with van der Waals surface area (Å²) in [5, 5.41) is 13.2. The van der Waals surface area contributed by atoms with Crippen LogP contribution < -0.4 is 0 Å². The molecule has 0 atom stereocenters. The third-order valence-corrected chi connectivity index (χ3v) is 5.93. The van der Waals surface area contributed by atoms with Gasteiger partial charge in [-0.2, -0.15) is 5.10 Å². The lowest BCUT2D eigenvalue weighted by Gasteiger charge is -2.30. The number of carbonyl (C=O) groups is 1. The van der Waals surface area contributed by atoms with Gasteiger partial charge in [0.1, 0.15) is 17.2 Å². The van der Waals surface area contributed by atoms with Crippen molar-refractivity contribution in [3.05, 3.63) is 54.4 Å². The Balaban J connectivity index is 1.37. The van der Waals surface area contributed by atoms with Crippen LogP contribution in [0.25, 0.3) is 22.4 Å². The Morgan fingerprint density at radius 2 is 1.90 bits per heavy atom. The monoisotopic (exact) mass is 406 g/mol. The second-order valence-corrected chi connectivity index (χ2v) is 8.04. The van der Waals surface area contributed by atoms with Gasteiger partial charge in [-0.3, -0.25) is 9.20 Å². The van der Waals surface area contributed by atoms with E-state index in [0.717, 1.165) is 48.5 Å². The minimum Gasteiger partial charge on any atom is -0.343 e. The van der Waals surface area contributed by atoms with E-state index >= 15 is 0 Å². The average molecular weight is 406 g/mol. The van der Waals surface area contributed by atoms with Gasteiger partial charge in [0.05, 0.1) is 5.69 Å². The second kappa shape index (κ2) is 7.51. The number of amides is 1. The molecule has 0 radical (unpaired) electrons. The molecule has 0 saturated carbocycles. The maximum atomic E-state index is 13.2. The lowest BCUT2D eigenvalue weighted by molar-refractivity contribution is -0.132. The van der Waals surface area contributed by atoms with Crippen LogP contribution in [0.2, 0.25) is 0 Å². The fraction of sp³-hybridized carbons (Fsp3) is 0.364. The van der Waals surface area contributed by atoms with E-state index in [-0.39, 0.29) is 11.7 Å². The Morgan fingerprint density at radius 3 is 2.67 bits per heavy atom. The average Bonchev–Trinajstić information content (AvgIpc) is 3.37. The Bertz CT molecular complexity index is 1200. The molecule has 1 fully saturated rings. The van der Waals surface area contributed by atoms with Crippen molar-refractivity contribution in [2.24, 2.45) is 5.92 Å². The van der Waals surface area contributed by atoms with Crippen LogP contribution in [0.4, 0.5) is 4.39 Å². The smallest absolute Gasteiger partial charge is 0.223 e. The van der Waals surface area contributed by atoms with Crippen LogP contribution >= 0.6 is 0 Å². The minimum atomic E-state index is -0.277. The predicted molar refractivity (Wildman–Crippen MR) is 110 cm³/mol. The maximum absolute atomic E-state index is 13.2. The molecule has 8 heteroatoms. The molecule has 4 heterocycles. The van der Waals surface area contributed by atoms with Gasteiger partial charge in [0.25, 0.3) is 0 Å². The van der Waals surface area contributed by atoms with Crippen LogP contribution in [0.5, 0.6) is 0 Å². The zero-order valence-corrected chi connectivity index (χ0v) is 16.8. The Hall–Kier alpha value is -3.29. The number of hydrogen-bond acceptors (Lipinski definition) is 4. The largest absolute Gasteiger partial charge is 0.343 e. The number of aryl methyl sites for hydroxylation is 1. The van der Waals surface area contributed by atoms with Crippen LogP contribution in [-0.2, 0) is 11.2 Å². The van der Waals surface area contributed by atoms with E-state index in [4.69, 9.17) is 0 Å². The molecule has 0 aliphatic carbocycles. The summed E-state index contributed by atoms with van der Waals surface area (Å²) in [6.07, 6.45) is 6.84. The maximum Gasteiger partial charge on any atom is 0.223 e. The summed E-state index contributed by atoms with van der Waals surface area (Å²) in [5.74, 6) is 1.37. The van der Waals surface area contributed by atoms with Crippen molar-refractivity contribution in [1.82, 2.24) is 29.1 Å². The molecule has 1 amide bonds. The SMILES string of the molecule is CC1CCN(C(=O)CCc2nnc3c4cc(-c5ccc(F)cc5)nn4ccn23)CC1. The molecule has 7 nitrogen and oxygen atoms in total. The number of benzene rings is 1. The highest BCUT2D eigenvalue weighted by Gasteiger charge is 2.21. The first-order valence-electron chi connectivity index (χ1n) is 10.3. The summed E-state index contributed by atoms with van der Waals surface area (Å²) >= 11 is 0. The zero-order chi connectivity index (χ0) is 20.7. The van der Waals surface area contributed by atoms with Gasteiger partial charge >= 0.3 is 0 Å². The molecule has 4 aromatic rings. The van der Waals surface area contributed by atoms with Crippen LogP contribution in [0, 0.1) is 11.7 Å². The first-order valence-corrected chi connectivity index (χ1v) is 10.3. The van der Waals surface area contributed by atoms with Gasteiger partial charge in [-0.05, 0) is 49.1 Å². The van der Waals surface area contributed by atoms with Gasteiger partial charge < -0.3 is 4.90 Å². The number of carbonyl (C=O) groups excluding carboxylic acids is 1. The summed E-state index contributed by atoms with van der Waals surface area (Å²) in [6.45, 7) is 3.94. The molecular weight excluding hydrogens is 383 g/mol. The van der Waals surface area contributed by atoms with Crippen LogP contribution in [0.3, 0.4) is 0 Å². The number of rotatable bonds is 4. The number of aromatic nitrogens is 5. The van der Waals surface area contributed by atoms with Crippen LogP contribution in [0.1, 0.15) is 32.0 Å². The molecule has 5 rings (SSSR count). The summed E-state index contributed by atoms with van der Waals surface area (Å²) < 4.78 is 16.9. The molecular formula is C22H23FN6O. The van der Waals surface area contributed by atoms with Crippen molar-refractivity contribution in [2.75, 3.05) is 13.1 Å². The third kappa shape index (κ3) is 3.42.